The van der Waals surface area contributed by atoms with E-state index < -0.39 is 0 Å². The van der Waals surface area contributed by atoms with Crippen molar-refractivity contribution < 1.29 is 0 Å². The summed E-state index contributed by atoms with van der Waals surface area (Å²) >= 11 is 9.25. The van der Waals surface area contributed by atoms with Gasteiger partial charge in [0.25, 0.3) is 0 Å². The first-order valence-electron chi connectivity index (χ1n) is 6.29. The molecule has 0 fully saturated rings. The quantitative estimate of drug-likeness (QED) is 0.716. The molecule has 0 radical (unpaired) electrons. The lowest BCUT2D eigenvalue weighted by atomic mass is 10.3. The van der Waals surface area contributed by atoms with Crippen molar-refractivity contribution in [3.05, 3.63) is 32.8 Å². The molecule has 0 saturated heterocycles. The lowest BCUT2D eigenvalue weighted by Gasteiger charge is -2.12. The van der Waals surface area contributed by atoms with Gasteiger partial charge in [-0.25, -0.2) is 15.0 Å². The first kappa shape index (κ1) is 13.7. The van der Waals surface area contributed by atoms with Crippen LogP contribution in [0, 0.1) is 0 Å². The molecule has 1 unspecified atom stereocenters. The Morgan fingerprint density at radius 1 is 1.40 bits per heavy atom. The summed E-state index contributed by atoms with van der Waals surface area (Å²) in [5.74, 6) is 0.766. The third-order valence-corrected chi connectivity index (χ3v) is 5.24. The minimum Gasteiger partial charge on any atom is -0.360 e. The van der Waals surface area contributed by atoms with Crippen molar-refractivity contribution in [2.24, 2.45) is 0 Å². The molecule has 0 aromatic carbocycles. The molecular weight excluding hydrogens is 312 g/mol. The maximum atomic E-state index is 5.97. The van der Waals surface area contributed by atoms with Crippen LogP contribution in [0.25, 0.3) is 10.2 Å². The van der Waals surface area contributed by atoms with E-state index in [2.05, 4.69) is 34.1 Å². The van der Waals surface area contributed by atoms with Crippen LogP contribution in [-0.4, -0.2) is 15.0 Å². The van der Waals surface area contributed by atoms with E-state index in [0.717, 1.165) is 27.5 Å². The van der Waals surface area contributed by atoms with Crippen molar-refractivity contribution in [2.45, 2.75) is 26.3 Å². The summed E-state index contributed by atoms with van der Waals surface area (Å²) in [4.78, 5) is 15.1. The number of rotatable bonds is 4. The minimum absolute atomic E-state index is 0.0920. The van der Waals surface area contributed by atoms with Crippen molar-refractivity contribution in [1.29, 1.82) is 0 Å². The molecule has 0 amide bonds. The predicted octanol–water partition coefficient (Wildman–Crippen LogP) is 4.54. The van der Waals surface area contributed by atoms with Gasteiger partial charge < -0.3 is 5.32 Å². The Balaban J connectivity index is 1.90. The molecule has 1 N–H and O–H groups in total. The first-order chi connectivity index (χ1) is 9.67. The highest BCUT2D eigenvalue weighted by atomic mass is 35.5. The fourth-order valence-electron chi connectivity index (χ4n) is 1.89. The molecule has 7 heteroatoms. The number of thiazole rings is 1. The van der Waals surface area contributed by atoms with E-state index in [9.17, 15) is 0 Å². The Labute approximate surface area is 129 Å². The zero-order valence-corrected chi connectivity index (χ0v) is 13.4. The largest absolute Gasteiger partial charge is 0.360 e. The lowest BCUT2D eigenvalue weighted by Crippen LogP contribution is -2.08. The molecule has 4 nitrogen and oxygen atoms in total. The lowest BCUT2D eigenvalue weighted by molar-refractivity contribution is 0.862. The van der Waals surface area contributed by atoms with Crippen molar-refractivity contribution >= 4 is 50.3 Å². The molecule has 20 heavy (non-hydrogen) atoms. The van der Waals surface area contributed by atoms with Gasteiger partial charge in [0.2, 0.25) is 5.28 Å². The molecule has 0 saturated carbocycles. The van der Waals surface area contributed by atoms with Crippen LogP contribution in [0.5, 0.6) is 0 Å². The average Bonchev–Trinajstić information content (AvgIpc) is 3.06. The second-order valence-electron chi connectivity index (χ2n) is 4.37. The number of anilines is 1. The van der Waals surface area contributed by atoms with E-state index in [0.29, 0.717) is 0 Å². The van der Waals surface area contributed by atoms with Crippen LogP contribution in [0.2, 0.25) is 5.28 Å². The summed E-state index contributed by atoms with van der Waals surface area (Å²) in [6, 6.07) is 2.10. The second-order valence-corrected chi connectivity index (χ2v) is 6.74. The highest BCUT2D eigenvalue weighted by molar-refractivity contribution is 7.16. The van der Waals surface area contributed by atoms with E-state index in [1.807, 2.05) is 17.6 Å². The van der Waals surface area contributed by atoms with Crippen LogP contribution in [0.15, 0.2) is 17.6 Å². The summed E-state index contributed by atoms with van der Waals surface area (Å²) in [6.07, 6.45) is 2.95. The SMILES string of the molecule is CCc1cnc(C(C)Nc2nc(Cl)nc3sccc23)s1. The molecule has 3 aromatic heterocycles. The van der Waals surface area contributed by atoms with Crippen molar-refractivity contribution in [3.8, 4) is 0 Å². The fourth-order valence-corrected chi connectivity index (χ4v) is 3.73. The van der Waals surface area contributed by atoms with Crippen LogP contribution >= 0.6 is 34.3 Å². The molecular formula is C13H13ClN4S2. The second kappa shape index (κ2) is 5.63. The maximum Gasteiger partial charge on any atom is 0.225 e. The third kappa shape index (κ3) is 2.63. The van der Waals surface area contributed by atoms with Gasteiger partial charge >= 0.3 is 0 Å². The summed E-state index contributed by atoms with van der Waals surface area (Å²) < 4.78 is 0. The van der Waals surface area contributed by atoms with Crippen LogP contribution in [0.4, 0.5) is 5.82 Å². The molecule has 3 rings (SSSR count). The monoisotopic (exact) mass is 324 g/mol. The third-order valence-electron chi connectivity index (χ3n) is 2.94. The molecule has 3 heterocycles. The molecule has 0 bridgehead atoms. The fraction of sp³-hybridized carbons (Fsp3) is 0.308. The Morgan fingerprint density at radius 3 is 3.00 bits per heavy atom. The number of fused-ring (bicyclic) bond motifs is 1. The molecule has 0 aliphatic rings. The normalized spacial score (nSPS) is 12.8. The summed E-state index contributed by atoms with van der Waals surface area (Å²) in [6.45, 7) is 4.21. The molecule has 0 aliphatic heterocycles. The number of aryl methyl sites for hydroxylation is 1. The van der Waals surface area contributed by atoms with Gasteiger partial charge in [0.1, 0.15) is 15.7 Å². The van der Waals surface area contributed by atoms with E-state index in [-0.39, 0.29) is 11.3 Å². The van der Waals surface area contributed by atoms with Crippen LogP contribution < -0.4 is 5.32 Å². The standard InChI is InChI=1S/C13H13ClN4S2/c1-3-8-6-15-11(20-8)7(2)16-10-9-4-5-19-12(9)18-13(14)17-10/h4-7H,3H2,1-2H3,(H,16,17,18). The smallest absolute Gasteiger partial charge is 0.225 e. The Bertz CT molecular complexity index is 737. The van der Waals surface area contributed by atoms with Gasteiger partial charge in [-0.1, -0.05) is 6.92 Å². The molecule has 104 valence electrons. The van der Waals surface area contributed by atoms with E-state index >= 15 is 0 Å². The summed E-state index contributed by atoms with van der Waals surface area (Å²) in [5.41, 5.74) is 0. The zero-order chi connectivity index (χ0) is 14.1. The van der Waals surface area contributed by atoms with Gasteiger partial charge in [-0.2, -0.15) is 0 Å². The Kier molecular flexibility index (Phi) is 3.87. The number of hydrogen-bond donors (Lipinski definition) is 1. The zero-order valence-electron chi connectivity index (χ0n) is 11.1. The van der Waals surface area contributed by atoms with Crippen LogP contribution in [0.3, 0.4) is 0 Å². The van der Waals surface area contributed by atoms with Crippen LogP contribution in [0.1, 0.15) is 29.8 Å². The maximum absolute atomic E-state index is 5.97. The molecule has 3 aromatic rings. The molecule has 0 aliphatic carbocycles. The molecule has 0 spiro atoms. The number of aromatic nitrogens is 3. The van der Waals surface area contributed by atoms with Crippen molar-refractivity contribution in [2.75, 3.05) is 5.32 Å². The Morgan fingerprint density at radius 2 is 2.25 bits per heavy atom. The number of nitrogens with zero attached hydrogens (tertiary/aromatic N) is 3. The van der Waals surface area contributed by atoms with E-state index in [1.165, 1.54) is 4.88 Å². The first-order valence-corrected chi connectivity index (χ1v) is 8.36. The number of halogens is 1. The van der Waals surface area contributed by atoms with Gasteiger partial charge in [0, 0.05) is 11.1 Å². The number of thiophene rings is 1. The molecule has 1 atom stereocenters. The van der Waals surface area contributed by atoms with Crippen molar-refractivity contribution in [3.63, 3.8) is 0 Å². The topological polar surface area (TPSA) is 50.7 Å². The van der Waals surface area contributed by atoms with E-state index in [4.69, 9.17) is 11.6 Å². The highest BCUT2D eigenvalue weighted by Gasteiger charge is 2.14. The van der Waals surface area contributed by atoms with Gasteiger partial charge in [-0.3, -0.25) is 0 Å². The number of nitrogens with one attached hydrogen (secondary N) is 1. The summed E-state index contributed by atoms with van der Waals surface area (Å²) in [5, 5.41) is 7.70. The van der Waals surface area contributed by atoms with Gasteiger partial charge in [-0.05, 0) is 36.4 Å². The number of hydrogen-bond acceptors (Lipinski definition) is 6. The minimum atomic E-state index is 0.0920. The summed E-state index contributed by atoms with van der Waals surface area (Å²) in [7, 11) is 0. The van der Waals surface area contributed by atoms with Crippen LogP contribution in [-0.2, 0) is 6.42 Å². The highest BCUT2D eigenvalue weighted by Crippen LogP contribution is 2.30. The Hall–Kier alpha value is -1.24. The predicted molar refractivity (Wildman–Crippen MR) is 86.0 cm³/mol. The van der Waals surface area contributed by atoms with Gasteiger partial charge in [0.05, 0.1) is 11.4 Å². The van der Waals surface area contributed by atoms with Gasteiger partial charge in [-0.15, -0.1) is 22.7 Å². The van der Waals surface area contributed by atoms with Gasteiger partial charge in [0.15, 0.2) is 0 Å². The van der Waals surface area contributed by atoms with E-state index in [1.54, 1.807) is 22.7 Å². The van der Waals surface area contributed by atoms with Crippen molar-refractivity contribution in [1.82, 2.24) is 15.0 Å². The average molecular weight is 325 g/mol.